The number of anilines is 1. The Labute approximate surface area is 132 Å². The molecule has 0 unspecified atom stereocenters. The Balaban J connectivity index is 2.19. The predicted octanol–water partition coefficient (Wildman–Crippen LogP) is 4.81. The number of aromatic hydroxyl groups is 1. The maximum absolute atomic E-state index is 10.0. The van der Waals surface area contributed by atoms with E-state index in [9.17, 15) is 5.11 Å². The first-order chi connectivity index (χ1) is 10.1. The molecule has 0 bridgehead atoms. The quantitative estimate of drug-likeness (QED) is 0.788. The van der Waals surface area contributed by atoms with Gasteiger partial charge in [-0.05, 0) is 54.0 Å². The molecule has 0 aliphatic carbocycles. The third-order valence-electron chi connectivity index (χ3n) is 3.06. The predicted molar refractivity (Wildman–Crippen MR) is 87.8 cm³/mol. The van der Waals surface area contributed by atoms with E-state index in [0.717, 1.165) is 23.2 Å². The van der Waals surface area contributed by atoms with E-state index in [2.05, 4.69) is 49.9 Å². The van der Waals surface area contributed by atoms with E-state index in [1.54, 1.807) is 24.4 Å². The first kappa shape index (κ1) is 15.4. The Hall–Kier alpha value is -1.95. The minimum absolute atomic E-state index is 0.111. The van der Waals surface area contributed by atoms with E-state index in [0.29, 0.717) is 11.5 Å². The molecule has 0 atom stereocenters. The highest BCUT2D eigenvalue weighted by Gasteiger charge is 2.06. The number of nitrogens with zero attached hydrogens (tertiary/aromatic N) is 4. The number of azo groups is 1. The molecule has 2 aromatic rings. The molecule has 0 radical (unpaired) electrons. The highest BCUT2D eigenvalue weighted by molar-refractivity contribution is 9.10. The van der Waals surface area contributed by atoms with Crippen molar-refractivity contribution in [2.24, 2.45) is 10.2 Å². The zero-order valence-electron chi connectivity index (χ0n) is 12.0. The number of hydrogen-bond acceptors (Lipinski definition) is 5. The van der Waals surface area contributed by atoms with Crippen LogP contribution in [0.2, 0.25) is 0 Å². The molecule has 5 nitrogen and oxygen atoms in total. The molecule has 0 aliphatic heterocycles. The van der Waals surface area contributed by atoms with Gasteiger partial charge in [-0.2, -0.15) is 0 Å². The SMILES string of the molecule is CCN(CC)c1ccc(/N=N/c2ccc(Br)cn2)c(O)c1. The fourth-order valence-corrected chi connectivity index (χ4v) is 2.15. The van der Waals surface area contributed by atoms with Gasteiger partial charge in [0.05, 0.1) is 0 Å². The standard InChI is InChI=1S/C15H17BrN4O/c1-3-20(4-2)12-6-7-13(14(21)9-12)18-19-15-8-5-11(16)10-17-15/h5-10,21H,3-4H2,1-2H3/b19-18+. The van der Waals surface area contributed by atoms with Crippen LogP contribution in [0.25, 0.3) is 0 Å². The summed E-state index contributed by atoms with van der Waals surface area (Å²) in [6.45, 7) is 5.93. The lowest BCUT2D eigenvalue weighted by Gasteiger charge is -2.21. The van der Waals surface area contributed by atoms with E-state index in [1.165, 1.54) is 0 Å². The van der Waals surface area contributed by atoms with Crippen LogP contribution in [0.15, 0.2) is 51.2 Å². The fourth-order valence-electron chi connectivity index (χ4n) is 1.91. The second kappa shape index (κ2) is 7.17. The number of aromatic nitrogens is 1. The molecule has 1 heterocycles. The van der Waals surface area contributed by atoms with Gasteiger partial charge in [-0.3, -0.25) is 0 Å². The van der Waals surface area contributed by atoms with Crippen LogP contribution in [0, 0.1) is 0 Å². The van der Waals surface area contributed by atoms with Gasteiger partial charge in [0.15, 0.2) is 5.82 Å². The number of phenolic OH excluding ortho intramolecular Hbond substituents is 1. The molecule has 0 amide bonds. The van der Waals surface area contributed by atoms with Gasteiger partial charge in [-0.1, -0.05) is 0 Å². The summed E-state index contributed by atoms with van der Waals surface area (Å²) in [7, 11) is 0. The van der Waals surface area contributed by atoms with Gasteiger partial charge in [0.25, 0.3) is 0 Å². The van der Waals surface area contributed by atoms with Gasteiger partial charge in [-0.15, -0.1) is 10.2 Å². The summed E-state index contributed by atoms with van der Waals surface area (Å²) in [5.74, 6) is 0.602. The van der Waals surface area contributed by atoms with Crippen LogP contribution in [0.4, 0.5) is 17.2 Å². The minimum Gasteiger partial charge on any atom is -0.506 e. The van der Waals surface area contributed by atoms with Crippen LogP contribution in [-0.2, 0) is 0 Å². The van der Waals surface area contributed by atoms with Crippen molar-refractivity contribution in [1.29, 1.82) is 0 Å². The molecule has 0 spiro atoms. The topological polar surface area (TPSA) is 61.1 Å². The third kappa shape index (κ3) is 4.01. The summed E-state index contributed by atoms with van der Waals surface area (Å²) in [4.78, 5) is 6.25. The largest absolute Gasteiger partial charge is 0.506 e. The Kier molecular flexibility index (Phi) is 5.27. The van der Waals surface area contributed by atoms with Gasteiger partial charge in [0.1, 0.15) is 11.4 Å². The Morgan fingerprint density at radius 1 is 1.14 bits per heavy atom. The molecule has 2 rings (SSSR count). The molecule has 21 heavy (non-hydrogen) atoms. The maximum Gasteiger partial charge on any atom is 0.174 e. The highest BCUT2D eigenvalue weighted by Crippen LogP contribution is 2.32. The number of benzene rings is 1. The smallest absolute Gasteiger partial charge is 0.174 e. The molecule has 6 heteroatoms. The van der Waals surface area contributed by atoms with Crippen molar-refractivity contribution in [2.75, 3.05) is 18.0 Å². The lowest BCUT2D eigenvalue weighted by Crippen LogP contribution is -2.21. The lowest BCUT2D eigenvalue weighted by molar-refractivity contribution is 0.476. The van der Waals surface area contributed by atoms with E-state index < -0.39 is 0 Å². The van der Waals surface area contributed by atoms with E-state index in [1.807, 2.05) is 12.1 Å². The highest BCUT2D eigenvalue weighted by atomic mass is 79.9. The summed E-state index contributed by atoms with van der Waals surface area (Å²) >= 11 is 3.31. The van der Waals surface area contributed by atoms with Crippen molar-refractivity contribution in [3.8, 4) is 5.75 Å². The number of hydrogen-bond donors (Lipinski definition) is 1. The number of phenols is 1. The van der Waals surface area contributed by atoms with Crippen molar-refractivity contribution in [2.45, 2.75) is 13.8 Å². The summed E-state index contributed by atoms with van der Waals surface area (Å²) in [5.41, 5.74) is 1.40. The van der Waals surface area contributed by atoms with E-state index in [-0.39, 0.29) is 5.75 Å². The Morgan fingerprint density at radius 2 is 1.90 bits per heavy atom. The summed E-state index contributed by atoms with van der Waals surface area (Å²) < 4.78 is 0.882. The van der Waals surface area contributed by atoms with Gasteiger partial charge < -0.3 is 10.0 Å². The lowest BCUT2D eigenvalue weighted by atomic mass is 10.2. The van der Waals surface area contributed by atoms with Crippen molar-refractivity contribution in [1.82, 2.24) is 4.98 Å². The molecule has 1 N–H and O–H groups in total. The summed E-state index contributed by atoms with van der Waals surface area (Å²) in [5, 5.41) is 18.1. The van der Waals surface area contributed by atoms with E-state index >= 15 is 0 Å². The van der Waals surface area contributed by atoms with Crippen molar-refractivity contribution < 1.29 is 5.11 Å². The minimum atomic E-state index is 0.111. The zero-order chi connectivity index (χ0) is 15.2. The van der Waals surface area contributed by atoms with Crippen LogP contribution in [0.1, 0.15) is 13.8 Å². The second-order valence-electron chi connectivity index (χ2n) is 4.38. The zero-order valence-corrected chi connectivity index (χ0v) is 13.6. The number of halogens is 1. The average Bonchev–Trinajstić information content (AvgIpc) is 2.49. The van der Waals surface area contributed by atoms with Gasteiger partial charge >= 0.3 is 0 Å². The number of rotatable bonds is 5. The molecular weight excluding hydrogens is 332 g/mol. The van der Waals surface area contributed by atoms with Crippen LogP contribution in [0.3, 0.4) is 0 Å². The molecule has 0 aliphatic rings. The van der Waals surface area contributed by atoms with Gasteiger partial charge in [-0.25, -0.2) is 4.98 Å². The van der Waals surface area contributed by atoms with Gasteiger partial charge in [0.2, 0.25) is 0 Å². The van der Waals surface area contributed by atoms with Crippen LogP contribution in [-0.4, -0.2) is 23.2 Å². The molecule has 1 aromatic carbocycles. The first-order valence-corrected chi connectivity index (χ1v) is 7.54. The fraction of sp³-hybridized carbons (Fsp3) is 0.267. The first-order valence-electron chi connectivity index (χ1n) is 6.75. The van der Waals surface area contributed by atoms with Crippen molar-refractivity contribution in [3.05, 3.63) is 41.0 Å². The van der Waals surface area contributed by atoms with Gasteiger partial charge in [0, 0.05) is 35.5 Å². The second-order valence-corrected chi connectivity index (χ2v) is 5.30. The van der Waals surface area contributed by atoms with Crippen molar-refractivity contribution in [3.63, 3.8) is 0 Å². The molecule has 0 saturated carbocycles. The van der Waals surface area contributed by atoms with Crippen LogP contribution < -0.4 is 4.90 Å². The monoisotopic (exact) mass is 348 g/mol. The molecule has 1 aromatic heterocycles. The Morgan fingerprint density at radius 3 is 2.48 bits per heavy atom. The molecule has 0 fully saturated rings. The average molecular weight is 349 g/mol. The third-order valence-corrected chi connectivity index (χ3v) is 3.53. The normalized spacial score (nSPS) is 11.0. The molecular formula is C15H17BrN4O. The number of pyridine rings is 1. The Bertz CT molecular complexity index is 624. The molecule has 110 valence electrons. The van der Waals surface area contributed by atoms with Crippen LogP contribution >= 0.6 is 15.9 Å². The maximum atomic E-state index is 10.0. The molecule has 0 saturated heterocycles. The van der Waals surface area contributed by atoms with Crippen LogP contribution in [0.5, 0.6) is 5.75 Å². The van der Waals surface area contributed by atoms with E-state index in [4.69, 9.17) is 0 Å². The summed E-state index contributed by atoms with van der Waals surface area (Å²) in [6, 6.07) is 8.97. The van der Waals surface area contributed by atoms with Crippen molar-refractivity contribution >= 4 is 33.1 Å². The summed E-state index contributed by atoms with van der Waals surface area (Å²) in [6.07, 6.45) is 1.65.